The largest absolute Gasteiger partial charge is 0.394 e. The van der Waals surface area contributed by atoms with Gasteiger partial charge in [0.15, 0.2) is 0 Å². The van der Waals surface area contributed by atoms with Crippen LogP contribution in [-0.4, -0.2) is 23.7 Å². The van der Waals surface area contributed by atoms with Crippen molar-refractivity contribution >= 4 is 28.5 Å². The Kier molecular flexibility index (Phi) is 4.34. The molecule has 4 heteroatoms. The lowest BCUT2D eigenvalue weighted by Crippen LogP contribution is -2.34. The number of hydrogen-bond acceptors (Lipinski definition) is 2. The summed E-state index contributed by atoms with van der Waals surface area (Å²) in [6.45, 7) is 1.71. The summed E-state index contributed by atoms with van der Waals surface area (Å²) in [5, 5.41) is 11.4. The van der Waals surface area contributed by atoms with E-state index < -0.39 is 0 Å². The number of aliphatic hydroxyl groups excluding tert-OH is 1. The van der Waals surface area contributed by atoms with E-state index in [9.17, 15) is 4.79 Å². The highest BCUT2D eigenvalue weighted by atomic mass is 127. The molecule has 0 saturated heterocycles. The summed E-state index contributed by atoms with van der Waals surface area (Å²) >= 11 is 2.18. The third-order valence-electron chi connectivity index (χ3n) is 1.76. The zero-order valence-corrected chi connectivity index (χ0v) is 9.98. The van der Waals surface area contributed by atoms with E-state index in [-0.39, 0.29) is 18.6 Å². The molecule has 0 radical (unpaired) electrons. The monoisotopic (exact) mass is 305 g/mol. The number of amides is 1. The first-order chi connectivity index (χ1) is 6.63. The summed E-state index contributed by atoms with van der Waals surface area (Å²) in [4.78, 5) is 11.5. The van der Waals surface area contributed by atoms with Crippen LogP contribution in [0.15, 0.2) is 24.3 Å². The molecule has 1 amide bonds. The Bertz CT molecular complexity index is 310. The minimum Gasteiger partial charge on any atom is -0.394 e. The molecule has 1 aromatic rings. The quantitative estimate of drug-likeness (QED) is 0.830. The van der Waals surface area contributed by atoms with Crippen LogP contribution in [-0.2, 0) is 0 Å². The van der Waals surface area contributed by atoms with E-state index in [2.05, 4.69) is 27.9 Å². The zero-order valence-electron chi connectivity index (χ0n) is 7.83. The highest BCUT2D eigenvalue weighted by molar-refractivity contribution is 14.1. The molecule has 14 heavy (non-hydrogen) atoms. The molecule has 0 bridgehead atoms. The maximum atomic E-state index is 11.5. The molecule has 76 valence electrons. The number of aliphatic hydroxyl groups is 1. The molecule has 0 aliphatic heterocycles. The zero-order chi connectivity index (χ0) is 10.6. The van der Waals surface area contributed by atoms with Crippen LogP contribution in [0.2, 0.25) is 0 Å². The second-order valence-electron chi connectivity index (χ2n) is 3.06. The van der Waals surface area contributed by atoms with Crippen LogP contribution in [0, 0.1) is 3.57 Å². The minimum absolute atomic E-state index is 0.0455. The van der Waals surface area contributed by atoms with Crippen LogP contribution in [0.25, 0.3) is 0 Å². The maximum absolute atomic E-state index is 11.5. The Morgan fingerprint density at radius 2 is 2.07 bits per heavy atom. The molecule has 0 aromatic heterocycles. The van der Waals surface area contributed by atoms with Gasteiger partial charge in [-0.05, 0) is 53.8 Å². The van der Waals surface area contributed by atoms with Crippen molar-refractivity contribution in [2.45, 2.75) is 13.0 Å². The number of benzene rings is 1. The second-order valence-corrected chi connectivity index (χ2v) is 4.31. The molecule has 1 rings (SSSR count). The first kappa shape index (κ1) is 11.5. The van der Waals surface area contributed by atoms with Gasteiger partial charge < -0.3 is 10.4 Å². The molecule has 0 aliphatic carbocycles. The van der Waals surface area contributed by atoms with Crippen LogP contribution in [0.3, 0.4) is 0 Å². The summed E-state index contributed by atoms with van der Waals surface area (Å²) in [7, 11) is 0. The Balaban J connectivity index is 2.65. The maximum Gasteiger partial charge on any atom is 0.251 e. The van der Waals surface area contributed by atoms with E-state index in [4.69, 9.17) is 5.11 Å². The van der Waals surface area contributed by atoms with Crippen molar-refractivity contribution in [3.05, 3.63) is 33.4 Å². The highest BCUT2D eigenvalue weighted by Gasteiger charge is 2.07. The Morgan fingerprint density at radius 1 is 1.50 bits per heavy atom. The van der Waals surface area contributed by atoms with Crippen LogP contribution in [0.1, 0.15) is 17.3 Å². The molecule has 0 fully saturated rings. The fraction of sp³-hybridized carbons (Fsp3) is 0.300. The van der Waals surface area contributed by atoms with E-state index in [1.54, 1.807) is 19.1 Å². The minimum atomic E-state index is -0.207. The van der Waals surface area contributed by atoms with Crippen molar-refractivity contribution in [3.8, 4) is 0 Å². The lowest BCUT2D eigenvalue weighted by molar-refractivity contribution is 0.0922. The van der Waals surface area contributed by atoms with Gasteiger partial charge in [-0.2, -0.15) is 0 Å². The normalized spacial score (nSPS) is 12.2. The summed E-state index contributed by atoms with van der Waals surface area (Å²) in [6, 6.07) is 7.07. The molecule has 0 spiro atoms. The lowest BCUT2D eigenvalue weighted by Gasteiger charge is -2.10. The van der Waals surface area contributed by atoms with Crippen molar-refractivity contribution in [2.75, 3.05) is 6.61 Å². The molecular weight excluding hydrogens is 293 g/mol. The molecule has 0 saturated carbocycles. The molecule has 2 N–H and O–H groups in total. The van der Waals surface area contributed by atoms with Crippen LogP contribution in [0.4, 0.5) is 0 Å². The number of carbonyl (C=O) groups excluding carboxylic acids is 1. The van der Waals surface area contributed by atoms with Gasteiger partial charge in [-0.25, -0.2) is 0 Å². The van der Waals surface area contributed by atoms with Crippen LogP contribution in [0.5, 0.6) is 0 Å². The average Bonchev–Trinajstić information content (AvgIpc) is 2.18. The van der Waals surface area contributed by atoms with E-state index in [0.717, 1.165) is 3.57 Å². The fourth-order valence-corrected chi connectivity index (χ4v) is 1.31. The lowest BCUT2D eigenvalue weighted by atomic mass is 10.2. The van der Waals surface area contributed by atoms with E-state index >= 15 is 0 Å². The molecule has 0 aliphatic rings. The predicted octanol–water partition coefficient (Wildman–Crippen LogP) is 1.40. The van der Waals surface area contributed by atoms with Crippen molar-refractivity contribution in [1.82, 2.24) is 5.32 Å². The van der Waals surface area contributed by atoms with Crippen molar-refractivity contribution in [1.29, 1.82) is 0 Å². The SMILES string of the molecule is C[C@@H](CO)NC(=O)c1ccc(I)cc1. The summed E-state index contributed by atoms with van der Waals surface area (Å²) in [5.74, 6) is -0.150. The number of halogens is 1. The summed E-state index contributed by atoms with van der Waals surface area (Å²) in [5.41, 5.74) is 0.616. The third-order valence-corrected chi connectivity index (χ3v) is 2.48. The molecule has 0 heterocycles. The second kappa shape index (κ2) is 5.31. The molecular formula is C10H12INO2. The van der Waals surface area contributed by atoms with Gasteiger partial charge in [-0.15, -0.1) is 0 Å². The average molecular weight is 305 g/mol. The van der Waals surface area contributed by atoms with Crippen molar-refractivity contribution < 1.29 is 9.90 Å². The highest BCUT2D eigenvalue weighted by Crippen LogP contribution is 2.06. The summed E-state index contributed by atoms with van der Waals surface area (Å²) < 4.78 is 1.09. The molecule has 0 unspecified atom stereocenters. The number of nitrogens with one attached hydrogen (secondary N) is 1. The van der Waals surface area contributed by atoms with Crippen LogP contribution < -0.4 is 5.32 Å². The van der Waals surface area contributed by atoms with Crippen LogP contribution >= 0.6 is 22.6 Å². The van der Waals surface area contributed by atoms with Gasteiger partial charge in [0.1, 0.15) is 0 Å². The number of rotatable bonds is 3. The van der Waals surface area contributed by atoms with Gasteiger partial charge in [-0.3, -0.25) is 4.79 Å². The summed E-state index contributed by atoms with van der Waals surface area (Å²) in [6.07, 6.45) is 0. The van der Waals surface area contributed by atoms with Gasteiger partial charge in [0.25, 0.3) is 5.91 Å². The van der Waals surface area contributed by atoms with Crippen molar-refractivity contribution in [2.24, 2.45) is 0 Å². The van der Waals surface area contributed by atoms with Gasteiger partial charge in [-0.1, -0.05) is 0 Å². The molecule has 1 atom stereocenters. The third kappa shape index (κ3) is 3.26. The molecule has 1 aromatic carbocycles. The molecule has 3 nitrogen and oxygen atoms in total. The first-order valence-electron chi connectivity index (χ1n) is 4.30. The van der Waals surface area contributed by atoms with E-state index in [1.807, 2.05) is 12.1 Å². The smallest absolute Gasteiger partial charge is 0.251 e. The fourth-order valence-electron chi connectivity index (χ4n) is 0.954. The predicted molar refractivity (Wildman–Crippen MR) is 63.2 cm³/mol. The van der Waals surface area contributed by atoms with Gasteiger partial charge >= 0.3 is 0 Å². The Morgan fingerprint density at radius 3 is 2.57 bits per heavy atom. The van der Waals surface area contributed by atoms with Gasteiger partial charge in [0, 0.05) is 15.2 Å². The van der Waals surface area contributed by atoms with Crippen molar-refractivity contribution in [3.63, 3.8) is 0 Å². The first-order valence-corrected chi connectivity index (χ1v) is 5.38. The number of hydrogen-bond donors (Lipinski definition) is 2. The van der Waals surface area contributed by atoms with E-state index in [0.29, 0.717) is 5.56 Å². The Hall–Kier alpha value is -0.620. The Labute approximate surface area is 96.7 Å². The van der Waals surface area contributed by atoms with E-state index in [1.165, 1.54) is 0 Å². The van der Waals surface area contributed by atoms with Gasteiger partial charge in [0.05, 0.1) is 6.61 Å². The topological polar surface area (TPSA) is 49.3 Å². The standard InChI is InChI=1S/C10H12INO2/c1-7(6-13)12-10(14)8-2-4-9(11)5-3-8/h2-5,7,13H,6H2,1H3,(H,12,14)/t7-/m0/s1. The number of carbonyl (C=O) groups is 1. The van der Waals surface area contributed by atoms with Gasteiger partial charge in [0.2, 0.25) is 0 Å².